The largest absolute Gasteiger partial charge is 0.488 e. The van der Waals surface area contributed by atoms with Crippen molar-refractivity contribution in [3.05, 3.63) is 77.6 Å². The molecule has 0 bridgehead atoms. The number of nitrogens with one attached hydrogen (secondary N) is 2. The van der Waals surface area contributed by atoms with E-state index in [1.165, 1.54) is 12.3 Å². The van der Waals surface area contributed by atoms with Gasteiger partial charge in [-0.25, -0.2) is 9.82 Å². The molecule has 7 heteroatoms. The first-order chi connectivity index (χ1) is 15.0. The van der Waals surface area contributed by atoms with Crippen molar-refractivity contribution in [1.29, 1.82) is 0 Å². The van der Waals surface area contributed by atoms with Crippen LogP contribution in [0.1, 0.15) is 31.4 Å². The van der Waals surface area contributed by atoms with Crippen LogP contribution in [-0.2, 0) is 16.2 Å². The normalized spacial score (nSPS) is 12.0. The van der Waals surface area contributed by atoms with E-state index in [1.807, 2.05) is 44.2 Å². The van der Waals surface area contributed by atoms with Crippen molar-refractivity contribution in [2.45, 2.75) is 32.9 Å². The van der Waals surface area contributed by atoms with Gasteiger partial charge in [-0.05, 0) is 36.2 Å². The average Bonchev–Trinajstić information content (AvgIpc) is 2.78. The summed E-state index contributed by atoms with van der Waals surface area (Å²) < 4.78 is 19.8. The molecule has 0 unspecified atom stereocenters. The van der Waals surface area contributed by atoms with Crippen LogP contribution < -0.4 is 15.5 Å². The molecule has 0 saturated carbocycles. The van der Waals surface area contributed by atoms with Gasteiger partial charge in [0.15, 0.2) is 0 Å². The maximum Gasteiger partial charge on any atom is 0.329 e. The van der Waals surface area contributed by atoms with Gasteiger partial charge in [0, 0.05) is 17.2 Å². The van der Waals surface area contributed by atoms with Gasteiger partial charge in [0.05, 0.1) is 6.21 Å². The van der Waals surface area contributed by atoms with Crippen molar-refractivity contribution in [2.24, 2.45) is 5.10 Å². The molecular weight excluding hydrogens is 397 g/mol. The van der Waals surface area contributed by atoms with Crippen molar-refractivity contribution in [2.75, 3.05) is 0 Å². The van der Waals surface area contributed by atoms with Crippen LogP contribution in [0.5, 0.6) is 5.75 Å². The van der Waals surface area contributed by atoms with E-state index in [2.05, 4.69) is 15.8 Å². The van der Waals surface area contributed by atoms with Crippen molar-refractivity contribution >= 4 is 28.8 Å². The maximum absolute atomic E-state index is 13.9. The molecule has 0 aliphatic rings. The maximum atomic E-state index is 13.9. The van der Waals surface area contributed by atoms with Gasteiger partial charge in [0.2, 0.25) is 0 Å². The molecule has 160 valence electrons. The quantitative estimate of drug-likeness (QED) is 0.345. The number of carbonyl (C=O) groups excluding carboxylic acids is 2. The predicted molar refractivity (Wildman–Crippen MR) is 118 cm³/mol. The first-order valence-electron chi connectivity index (χ1n) is 10.0. The summed E-state index contributed by atoms with van der Waals surface area (Å²) in [6, 6.07) is 17.5. The summed E-state index contributed by atoms with van der Waals surface area (Å²) in [6.07, 6.45) is 2.13. The van der Waals surface area contributed by atoms with Gasteiger partial charge in [-0.3, -0.25) is 9.59 Å². The topological polar surface area (TPSA) is 79.8 Å². The van der Waals surface area contributed by atoms with Gasteiger partial charge in [-0.15, -0.1) is 0 Å². The van der Waals surface area contributed by atoms with Crippen molar-refractivity contribution < 1.29 is 18.7 Å². The lowest BCUT2D eigenvalue weighted by molar-refractivity contribution is -0.139. The molecule has 6 nitrogen and oxygen atoms in total. The summed E-state index contributed by atoms with van der Waals surface area (Å²) in [4.78, 5) is 23.8. The minimum Gasteiger partial charge on any atom is -0.488 e. The summed E-state index contributed by atoms with van der Waals surface area (Å²) in [5.41, 5.74) is 3.27. The summed E-state index contributed by atoms with van der Waals surface area (Å²) in [7, 11) is 0. The van der Waals surface area contributed by atoms with Crippen LogP contribution in [0, 0.1) is 5.82 Å². The van der Waals surface area contributed by atoms with Crippen LogP contribution in [0.2, 0.25) is 0 Å². The van der Waals surface area contributed by atoms with Crippen molar-refractivity contribution in [3.63, 3.8) is 0 Å². The third-order valence-electron chi connectivity index (χ3n) is 4.83. The van der Waals surface area contributed by atoms with E-state index in [9.17, 15) is 14.0 Å². The fourth-order valence-corrected chi connectivity index (χ4v) is 2.90. The van der Waals surface area contributed by atoms with E-state index in [0.29, 0.717) is 23.3 Å². The number of benzene rings is 3. The molecule has 0 fully saturated rings. The van der Waals surface area contributed by atoms with Gasteiger partial charge in [0.25, 0.3) is 0 Å². The van der Waals surface area contributed by atoms with E-state index in [4.69, 9.17) is 4.74 Å². The number of ether oxygens (including phenoxy) is 1. The minimum atomic E-state index is -0.856. The smallest absolute Gasteiger partial charge is 0.329 e. The Morgan fingerprint density at radius 3 is 2.58 bits per heavy atom. The van der Waals surface area contributed by atoms with Crippen molar-refractivity contribution in [1.82, 2.24) is 10.7 Å². The fraction of sp³-hybridized carbons (Fsp3) is 0.208. The Balaban J connectivity index is 1.81. The molecule has 0 aromatic heterocycles. The molecule has 2 N–H and O–H groups in total. The molecule has 3 rings (SSSR count). The van der Waals surface area contributed by atoms with Gasteiger partial charge in [-0.1, -0.05) is 55.5 Å². The van der Waals surface area contributed by atoms with E-state index in [0.717, 1.165) is 10.8 Å². The Labute approximate surface area is 180 Å². The second-order valence-corrected chi connectivity index (χ2v) is 7.06. The van der Waals surface area contributed by atoms with Crippen LogP contribution in [0.25, 0.3) is 10.8 Å². The molecule has 0 spiro atoms. The second-order valence-electron chi connectivity index (χ2n) is 7.06. The SMILES string of the molecule is CC[C@H](C)NC(=O)C(=O)N/N=C\c1c(OCc2ccccc2F)ccc2ccccc12. The molecule has 0 heterocycles. The Morgan fingerprint density at radius 1 is 1.06 bits per heavy atom. The zero-order chi connectivity index (χ0) is 22.2. The van der Waals surface area contributed by atoms with Gasteiger partial charge in [-0.2, -0.15) is 5.10 Å². The lowest BCUT2D eigenvalue weighted by atomic mass is 10.0. The monoisotopic (exact) mass is 421 g/mol. The lowest BCUT2D eigenvalue weighted by Gasteiger charge is -2.12. The van der Waals surface area contributed by atoms with E-state index in [-0.39, 0.29) is 18.5 Å². The number of halogens is 1. The van der Waals surface area contributed by atoms with Crippen LogP contribution in [0.15, 0.2) is 65.8 Å². The van der Waals surface area contributed by atoms with Crippen LogP contribution in [0.3, 0.4) is 0 Å². The van der Waals surface area contributed by atoms with Gasteiger partial charge in [0.1, 0.15) is 18.2 Å². The number of carbonyl (C=O) groups is 2. The molecule has 0 radical (unpaired) electrons. The second kappa shape index (κ2) is 10.3. The molecule has 3 aromatic carbocycles. The molecule has 1 atom stereocenters. The highest BCUT2D eigenvalue weighted by atomic mass is 19.1. The average molecular weight is 421 g/mol. The first kappa shape index (κ1) is 22.0. The highest BCUT2D eigenvalue weighted by Gasteiger charge is 2.15. The molecule has 0 aliphatic heterocycles. The summed E-state index contributed by atoms with van der Waals surface area (Å²) in [6.45, 7) is 3.75. The number of amides is 2. The molecule has 2 amide bonds. The fourth-order valence-electron chi connectivity index (χ4n) is 2.90. The molecule has 0 saturated heterocycles. The Bertz CT molecular complexity index is 1110. The van der Waals surface area contributed by atoms with Gasteiger partial charge >= 0.3 is 11.8 Å². The molecule has 0 aliphatic carbocycles. The summed E-state index contributed by atoms with van der Waals surface area (Å²) in [5, 5.41) is 8.31. The number of fused-ring (bicyclic) bond motifs is 1. The van der Waals surface area contributed by atoms with Crippen LogP contribution >= 0.6 is 0 Å². The Hall–Kier alpha value is -3.74. The summed E-state index contributed by atoms with van der Waals surface area (Å²) in [5.74, 6) is -1.48. The van der Waals surface area contributed by atoms with Crippen molar-refractivity contribution in [3.8, 4) is 5.75 Å². The Kier molecular flexibility index (Phi) is 7.32. The molecular formula is C24H24FN3O3. The van der Waals surface area contributed by atoms with E-state index < -0.39 is 11.8 Å². The van der Waals surface area contributed by atoms with Crippen LogP contribution in [-0.4, -0.2) is 24.1 Å². The highest BCUT2D eigenvalue weighted by molar-refractivity contribution is 6.35. The minimum absolute atomic E-state index is 0.0372. The third-order valence-corrected chi connectivity index (χ3v) is 4.83. The highest BCUT2D eigenvalue weighted by Crippen LogP contribution is 2.27. The zero-order valence-corrected chi connectivity index (χ0v) is 17.4. The number of nitrogens with zero attached hydrogens (tertiary/aromatic N) is 1. The van der Waals surface area contributed by atoms with E-state index in [1.54, 1.807) is 24.3 Å². The van der Waals surface area contributed by atoms with E-state index >= 15 is 0 Å². The molecule has 31 heavy (non-hydrogen) atoms. The standard InChI is InChI=1S/C24H24FN3O3/c1-3-16(2)27-23(29)24(30)28-26-14-20-19-10-6-4-8-17(19)12-13-22(20)31-15-18-9-5-7-11-21(18)25/h4-14,16H,3,15H2,1-2H3,(H,27,29)(H,28,30)/b26-14-/t16-/m0/s1. The van der Waals surface area contributed by atoms with Gasteiger partial charge < -0.3 is 10.1 Å². The first-order valence-corrected chi connectivity index (χ1v) is 10.0. The number of hydrazone groups is 1. The number of rotatable bonds is 7. The molecule has 3 aromatic rings. The third kappa shape index (κ3) is 5.66. The Morgan fingerprint density at radius 2 is 1.81 bits per heavy atom. The van der Waals surface area contributed by atoms with Crippen LogP contribution in [0.4, 0.5) is 4.39 Å². The summed E-state index contributed by atoms with van der Waals surface area (Å²) >= 11 is 0. The number of hydrogen-bond donors (Lipinski definition) is 2. The number of hydrogen-bond acceptors (Lipinski definition) is 4. The lowest BCUT2D eigenvalue weighted by Crippen LogP contribution is -2.41. The predicted octanol–water partition coefficient (Wildman–Crippen LogP) is 3.92. The zero-order valence-electron chi connectivity index (χ0n) is 17.4.